The van der Waals surface area contributed by atoms with Crippen molar-refractivity contribution in [1.82, 2.24) is 29.2 Å². The molecule has 0 aromatic carbocycles. The second-order valence-corrected chi connectivity index (χ2v) is 8.30. The van der Waals surface area contributed by atoms with E-state index in [0.717, 1.165) is 18.5 Å². The van der Waals surface area contributed by atoms with Gasteiger partial charge in [0.2, 0.25) is 0 Å². The summed E-state index contributed by atoms with van der Waals surface area (Å²) in [6.07, 6.45) is 8.67. The SMILES string of the molecule is Cc1cn2cc(-c3ncc4c(=O)n(C5C[C@H](C)N[C@@H](C)C5)ccc4n3)cc(F)c2n1. The largest absolute Gasteiger partial charge is 0.312 e. The van der Waals surface area contributed by atoms with Crippen molar-refractivity contribution in [3.05, 3.63) is 58.8 Å². The molecule has 7 nitrogen and oxygen atoms in total. The first kappa shape index (κ1) is 18.9. The summed E-state index contributed by atoms with van der Waals surface area (Å²) < 4.78 is 17.9. The fraction of sp³-hybridized carbons (Fsp3) is 0.364. The molecule has 5 heterocycles. The summed E-state index contributed by atoms with van der Waals surface area (Å²) in [5.41, 5.74) is 2.00. The number of hydrogen-bond donors (Lipinski definition) is 1. The highest BCUT2D eigenvalue weighted by Crippen LogP contribution is 2.25. The molecule has 0 radical (unpaired) electrons. The third-order valence-electron chi connectivity index (χ3n) is 5.77. The first-order chi connectivity index (χ1) is 14.4. The minimum atomic E-state index is -0.436. The van der Waals surface area contributed by atoms with E-state index >= 15 is 0 Å². The van der Waals surface area contributed by atoms with Gasteiger partial charge in [-0.2, -0.15) is 0 Å². The molecule has 8 heteroatoms. The summed E-state index contributed by atoms with van der Waals surface area (Å²) in [6.45, 7) is 6.09. The molecule has 1 N–H and O–H groups in total. The van der Waals surface area contributed by atoms with Crippen LogP contribution in [0, 0.1) is 12.7 Å². The van der Waals surface area contributed by atoms with Crippen LogP contribution in [-0.4, -0.2) is 36.0 Å². The van der Waals surface area contributed by atoms with Crippen molar-refractivity contribution < 1.29 is 4.39 Å². The van der Waals surface area contributed by atoms with Crippen LogP contribution < -0.4 is 10.9 Å². The van der Waals surface area contributed by atoms with Gasteiger partial charge in [-0.25, -0.2) is 19.3 Å². The predicted octanol–water partition coefficient (Wildman–Crippen LogP) is 3.26. The highest BCUT2D eigenvalue weighted by Gasteiger charge is 2.25. The topological polar surface area (TPSA) is 77.1 Å². The number of nitrogens with zero attached hydrogens (tertiary/aromatic N) is 5. The van der Waals surface area contributed by atoms with E-state index in [-0.39, 0.29) is 17.2 Å². The maximum atomic E-state index is 14.4. The minimum absolute atomic E-state index is 0.0859. The van der Waals surface area contributed by atoms with Crippen molar-refractivity contribution in [3.63, 3.8) is 0 Å². The monoisotopic (exact) mass is 406 g/mol. The number of piperidine rings is 1. The highest BCUT2D eigenvalue weighted by molar-refractivity contribution is 5.78. The Morgan fingerprint density at radius 3 is 2.70 bits per heavy atom. The van der Waals surface area contributed by atoms with Crippen LogP contribution >= 0.6 is 0 Å². The first-order valence-corrected chi connectivity index (χ1v) is 10.2. The molecule has 1 aliphatic rings. The van der Waals surface area contributed by atoms with Gasteiger partial charge in [-0.15, -0.1) is 0 Å². The molecule has 1 saturated heterocycles. The number of hydrogen-bond acceptors (Lipinski definition) is 5. The van der Waals surface area contributed by atoms with Gasteiger partial charge in [-0.3, -0.25) is 4.79 Å². The number of rotatable bonds is 2. The molecule has 4 aromatic heterocycles. The molecule has 5 rings (SSSR count). The Hall–Kier alpha value is -3.13. The molecule has 0 amide bonds. The third kappa shape index (κ3) is 3.17. The first-order valence-electron chi connectivity index (χ1n) is 10.2. The number of fused-ring (bicyclic) bond motifs is 2. The van der Waals surface area contributed by atoms with Crippen molar-refractivity contribution >= 4 is 16.6 Å². The zero-order chi connectivity index (χ0) is 21.0. The van der Waals surface area contributed by atoms with Crippen LogP contribution in [0.15, 0.2) is 41.7 Å². The smallest absolute Gasteiger partial charge is 0.261 e. The Kier molecular flexibility index (Phi) is 4.39. The lowest BCUT2D eigenvalue weighted by Gasteiger charge is -2.34. The highest BCUT2D eigenvalue weighted by atomic mass is 19.1. The average molecular weight is 406 g/mol. The molecule has 0 unspecified atom stereocenters. The van der Waals surface area contributed by atoms with Crippen LogP contribution in [0.4, 0.5) is 4.39 Å². The van der Waals surface area contributed by atoms with Gasteiger partial charge in [0.25, 0.3) is 5.56 Å². The number of halogens is 1. The second-order valence-electron chi connectivity index (χ2n) is 8.30. The van der Waals surface area contributed by atoms with Gasteiger partial charge in [0, 0.05) is 48.5 Å². The summed E-state index contributed by atoms with van der Waals surface area (Å²) in [5.74, 6) is -0.0650. The Morgan fingerprint density at radius 1 is 1.17 bits per heavy atom. The van der Waals surface area contributed by atoms with Gasteiger partial charge in [-0.05, 0) is 45.7 Å². The Balaban J connectivity index is 1.57. The summed E-state index contributed by atoms with van der Waals surface area (Å²) in [7, 11) is 0. The molecule has 0 spiro atoms. The number of aromatic nitrogens is 5. The van der Waals surface area contributed by atoms with Crippen LogP contribution in [0.25, 0.3) is 27.9 Å². The van der Waals surface area contributed by atoms with E-state index < -0.39 is 5.82 Å². The van der Waals surface area contributed by atoms with Crippen molar-refractivity contribution in [2.45, 2.75) is 51.7 Å². The van der Waals surface area contributed by atoms with Crippen LogP contribution in [0.2, 0.25) is 0 Å². The fourth-order valence-electron chi connectivity index (χ4n) is 4.53. The molecule has 4 aromatic rings. The van der Waals surface area contributed by atoms with Crippen molar-refractivity contribution in [3.8, 4) is 11.4 Å². The fourth-order valence-corrected chi connectivity index (χ4v) is 4.53. The molecule has 0 aliphatic carbocycles. The van der Waals surface area contributed by atoms with Gasteiger partial charge in [0.05, 0.1) is 16.6 Å². The van der Waals surface area contributed by atoms with E-state index in [1.54, 1.807) is 27.6 Å². The number of nitrogens with one attached hydrogen (secondary N) is 1. The molecule has 1 aliphatic heterocycles. The normalized spacial score (nSPS) is 22.1. The Morgan fingerprint density at radius 2 is 1.93 bits per heavy atom. The molecule has 30 heavy (non-hydrogen) atoms. The van der Waals surface area contributed by atoms with E-state index in [1.807, 2.05) is 19.2 Å². The zero-order valence-electron chi connectivity index (χ0n) is 17.1. The molecule has 154 valence electrons. The Labute approximate surface area is 172 Å². The van der Waals surface area contributed by atoms with Crippen LogP contribution in [0.1, 0.15) is 38.4 Å². The number of imidazole rings is 1. The van der Waals surface area contributed by atoms with Crippen molar-refractivity contribution in [1.29, 1.82) is 0 Å². The number of pyridine rings is 2. The van der Waals surface area contributed by atoms with E-state index in [1.165, 1.54) is 6.07 Å². The minimum Gasteiger partial charge on any atom is -0.312 e. The maximum Gasteiger partial charge on any atom is 0.261 e. The lowest BCUT2D eigenvalue weighted by molar-refractivity contribution is 0.260. The summed E-state index contributed by atoms with van der Waals surface area (Å²) in [4.78, 5) is 26.2. The summed E-state index contributed by atoms with van der Waals surface area (Å²) in [6, 6.07) is 4.08. The maximum absolute atomic E-state index is 14.4. The molecule has 1 fully saturated rings. The van der Waals surface area contributed by atoms with E-state index in [4.69, 9.17) is 0 Å². The quantitative estimate of drug-likeness (QED) is 0.553. The zero-order valence-corrected chi connectivity index (χ0v) is 17.1. The second kappa shape index (κ2) is 6.98. The van der Waals surface area contributed by atoms with Gasteiger partial charge in [0.1, 0.15) is 0 Å². The van der Waals surface area contributed by atoms with Crippen LogP contribution in [0.5, 0.6) is 0 Å². The summed E-state index contributed by atoms with van der Waals surface area (Å²) in [5, 5.41) is 3.98. The lowest BCUT2D eigenvalue weighted by Crippen LogP contribution is -2.44. The van der Waals surface area contributed by atoms with E-state index in [0.29, 0.717) is 34.4 Å². The van der Waals surface area contributed by atoms with Crippen LogP contribution in [-0.2, 0) is 0 Å². The number of aryl methyl sites for hydroxylation is 1. The standard InChI is InChI=1S/C22H23FN6O/c1-12-6-16(7-13(2)25-12)29-5-4-19-17(22(29)30)9-24-20(27-19)15-8-18(23)21-26-14(3)10-28(21)11-15/h4-5,8-13,16,25H,6-7H2,1-3H3/t12-,13-/m0/s1. The molecule has 2 atom stereocenters. The van der Waals surface area contributed by atoms with E-state index in [9.17, 15) is 9.18 Å². The van der Waals surface area contributed by atoms with Crippen LogP contribution in [0.3, 0.4) is 0 Å². The van der Waals surface area contributed by atoms with Gasteiger partial charge in [-0.1, -0.05) is 0 Å². The lowest BCUT2D eigenvalue weighted by atomic mass is 9.95. The van der Waals surface area contributed by atoms with Gasteiger partial charge >= 0.3 is 0 Å². The van der Waals surface area contributed by atoms with E-state index in [2.05, 4.69) is 34.1 Å². The predicted molar refractivity (Wildman–Crippen MR) is 113 cm³/mol. The summed E-state index contributed by atoms with van der Waals surface area (Å²) >= 11 is 0. The average Bonchev–Trinajstić information content (AvgIpc) is 3.08. The van der Waals surface area contributed by atoms with Gasteiger partial charge in [0.15, 0.2) is 17.3 Å². The third-order valence-corrected chi connectivity index (χ3v) is 5.77. The van der Waals surface area contributed by atoms with Crippen molar-refractivity contribution in [2.24, 2.45) is 0 Å². The van der Waals surface area contributed by atoms with Crippen molar-refractivity contribution in [2.75, 3.05) is 0 Å². The molecule has 0 bridgehead atoms. The molecular weight excluding hydrogens is 383 g/mol. The molecular formula is C22H23FN6O. The van der Waals surface area contributed by atoms with Gasteiger partial charge < -0.3 is 14.3 Å². The molecule has 0 saturated carbocycles. The Bertz CT molecular complexity index is 1320.